The van der Waals surface area contributed by atoms with Crippen LogP contribution in [-0.2, 0) is 10.9 Å². The van der Waals surface area contributed by atoms with Gasteiger partial charge in [0.15, 0.2) is 0 Å². The molecule has 1 rings (SSSR count). The molecule has 0 aromatic heterocycles. The number of carbonyl (C=O) groups excluding carboxylic acids is 1. The lowest BCUT2D eigenvalue weighted by Crippen LogP contribution is -2.15. The molecule has 0 bridgehead atoms. The maximum atomic E-state index is 12.8. The molecular weight excluding hydrogens is 287 g/mol. The molecule has 114 valence electrons. The fraction of sp³-hybridized carbons (Fsp3) is 0.154. The third-order valence-electron chi connectivity index (χ3n) is 2.52. The van der Waals surface area contributed by atoms with Crippen molar-refractivity contribution in [2.24, 2.45) is 17.2 Å². The highest BCUT2D eigenvalue weighted by atomic mass is 19.4. The Labute approximate surface area is 118 Å². The standard InChI is InChI=1S/C13H14F3N3O2/c1-21-12(20)8-6-7(10(17)4-5-11(18)19)2-3-9(8)13(14,15)16/h2-6H,17-19H2,1H3/b10-4-. The maximum Gasteiger partial charge on any atom is 0.417 e. The predicted octanol–water partition coefficient (Wildman–Crippen LogP) is 1.55. The third-order valence-corrected chi connectivity index (χ3v) is 2.52. The van der Waals surface area contributed by atoms with Gasteiger partial charge in [0.1, 0.15) is 0 Å². The fourth-order valence-electron chi connectivity index (χ4n) is 1.53. The van der Waals surface area contributed by atoms with Crippen molar-refractivity contribution in [1.29, 1.82) is 0 Å². The molecule has 0 aliphatic rings. The first-order valence-electron chi connectivity index (χ1n) is 5.65. The number of esters is 1. The Morgan fingerprint density at radius 1 is 1.19 bits per heavy atom. The predicted molar refractivity (Wildman–Crippen MR) is 71.4 cm³/mol. The first-order chi connectivity index (χ1) is 9.66. The number of rotatable bonds is 3. The number of hydrogen-bond donors (Lipinski definition) is 3. The molecule has 0 saturated heterocycles. The number of allylic oxidation sites excluding steroid dienone is 2. The molecule has 0 spiro atoms. The second kappa shape index (κ2) is 6.21. The molecule has 0 unspecified atom stereocenters. The van der Waals surface area contributed by atoms with Crippen LogP contribution in [0.4, 0.5) is 13.2 Å². The highest BCUT2D eigenvalue weighted by Gasteiger charge is 2.35. The minimum Gasteiger partial charge on any atom is -0.465 e. The summed E-state index contributed by atoms with van der Waals surface area (Å²) in [5.74, 6) is -1.12. The molecular formula is C13H14F3N3O2. The summed E-state index contributed by atoms with van der Waals surface area (Å²) >= 11 is 0. The summed E-state index contributed by atoms with van der Waals surface area (Å²) in [6.45, 7) is 0. The zero-order valence-electron chi connectivity index (χ0n) is 11.1. The SMILES string of the molecule is COC(=O)c1cc(/C(N)=C/C=C(N)N)ccc1C(F)(F)F. The van der Waals surface area contributed by atoms with E-state index in [0.29, 0.717) is 0 Å². The zero-order valence-corrected chi connectivity index (χ0v) is 11.1. The van der Waals surface area contributed by atoms with Gasteiger partial charge in [-0.05, 0) is 29.8 Å². The van der Waals surface area contributed by atoms with Crippen LogP contribution >= 0.6 is 0 Å². The molecule has 0 saturated carbocycles. The lowest BCUT2D eigenvalue weighted by atomic mass is 10.0. The van der Waals surface area contributed by atoms with Gasteiger partial charge in [-0.15, -0.1) is 0 Å². The van der Waals surface area contributed by atoms with Crippen LogP contribution in [0.2, 0.25) is 0 Å². The molecule has 6 N–H and O–H groups in total. The van der Waals surface area contributed by atoms with Crippen LogP contribution in [0.1, 0.15) is 21.5 Å². The Morgan fingerprint density at radius 2 is 1.81 bits per heavy atom. The Hall–Kier alpha value is -2.64. The van der Waals surface area contributed by atoms with E-state index >= 15 is 0 Å². The molecule has 0 amide bonds. The first kappa shape index (κ1) is 16.4. The van der Waals surface area contributed by atoms with E-state index < -0.39 is 23.3 Å². The maximum absolute atomic E-state index is 12.8. The van der Waals surface area contributed by atoms with E-state index in [9.17, 15) is 18.0 Å². The summed E-state index contributed by atoms with van der Waals surface area (Å²) < 4.78 is 42.9. The molecule has 8 heteroatoms. The Kier molecular flexibility index (Phi) is 4.85. The zero-order chi connectivity index (χ0) is 16.2. The van der Waals surface area contributed by atoms with Gasteiger partial charge in [-0.3, -0.25) is 0 Å². The van der Waals surface area contributed by atoms with Gasteiger partial charge >= 0.3 is 12.1 Å². The average molecular weight is 301 g/mol. The topological polar surface area (TPSA) is 104 Å². The highest BCUT2D eigenvalue weighted by molar-refractivity contribution is 5.92. The van der Waals surface area contributed by atoms with E-state index in [1.165, 1.54) is 12.2 Å². The second-order valence-electron chi connectivity index (χ2n) is 4.04. The first-order valence-corrected chi connectivity index (χ1v) is 5.65. The number of nitrogens with two attached hydrogens (primary N) is 3. The van der Waals surface area contributed by atoms with Gasteiger partial charge in [-0.2, -0.15) is 13.2 Å². The van der Waals surface area contributed by atoms with E-state index in [0.717, 1.165) is 25.3 Å². The van der Waals surface area contributed by atoms with Gasteiger partial charge in [0.25, 0.3) is 0 Å². The summed E-state index contributed by atoms with van der Waals surface area (Å²) in [6, 6.07) is 2.90. The molecule has 0 radical (unpaired) electrons. The van der Waals surface area contributed by atoms with Crippen molar-refractivity contribution in [3.8, 4) is 0 Å². The molecule has 0 heterocycles. The molecule has 0 aliphatic carbocycles. The van der Waals surface area contributed by atoms with Crippen LogP contribution in [0.5, 0.6) is 0 Å². The minimum atomic E-state index is -4.68. The summed E-state index contributed by atoms with van der Waals surface area (Å²) in [5.41, 5.74) is 14.7. The van der Waals surface area contributed by atoms with E-state index in [-0.39, 0.29) is 17.1 Å². The van der Waals surface area contributed by atoms with Crippen LogP contribution < -0.4 is 17.2 Å². The molecule has 5 nitrogen and oxygen atoms in total. The number of ether oxygens (including phenoxy) is 1. The van der Waals surface area contributed by atoms with Crippen molar-refractivity contribution in [2.45, 2.75) is 6.18 Å². The Balaban J connectivity index is 3.38. The van der Waals surface area contributed by atoms with Crippen molar-refractivity contribution in [2.75, 3.05) is 7.11 Å². The van der Waals surface area contributed by atoms with Crippen LogP contribution in [0, 0.1) is 0 Å². The van der Waals surface area contributed by atoms with Crippen molar-refractivity contribution in [3.05, 3.63) is 52.9 Å². The van der Waals surface area contributed by atoms with Crippen LogP contribution in [0.15, 0.2) is 36.2 Å². The van der Waals surface area contributed by atoms with Gasteiger partial charge in [-0.1, -0.05) is 6.07 Å². The largest absolute Gasteiger partial charge is 0.465 e. The summed E-state index contributed by atoms with van der Waals surface area (Å²) in [5, 5.41) is 0. The second-order valence-corrected chi connectivity index (χ2v) is 4.04. The van der Waals surface area contributed by atoms with Gasteiger partial charge in [-0.25, -0.2) is 4.79 Å². The monoisotopic (exact) mass is 301 g/mol. The summed E-state index contributed by atoms with van der Waals surface area (Å²) in [6.07, 6.45) is -2.08. The van der Waals surface area contributed by atoms with Gasteiger partial charge in [0, 0.05) is 5.70 Å². The minimum absolute atomic E-state index is 0.0157. The fourth-order valence-corrected chi connectivity index (χ4v) is 1.53. The van der Waals surface area contributed by atoms with Crippen molar-refractivity contribution in [3.63, 3.8) is 0 Å². The lowest BCUT2D eigenvalue weighted by molar-refractivity contribution is -0.138. The smallest absolute Gasteiger partial charge is 0.417 e. The number of hydrogen-bond acceptors (Lipinski definition) is 5. The molecule has 0 atom stereocenters. The molecule has 1 aromatic carbocycles. The molecule has 0 fully saturated rings. The van der Waals surface area contributed by atoms with Crippen LogP contribution in [0.3, 0.4) is 0 Å². The van der Waals surface area contributed by atoms with Crippen molar-refractivity contribution < 1.29 is 22.7 Å². The van der Waals surface area contributed by atoms with Crippen LogP contribution in [-0.4, -0.2) is 13.1 Å². The highest BCUT2D eigenvalue weighted by Crippen LogP contribution is 2.33. The van der Waals surface area contributed by atoms with Crippen molar-refractivity contribution in [1.82, 2.24) is 0 Å². The van der Waals surface area contributed by atoms with E-state index in [1.54, 1.807) is 0 Å². The number of halogens is 3. The van der Waals surface area contributed by atoms with Crippen LogP contribution in [0.25, 0.3) is 5.70 Å². The third kappa shape index (κ3) is 4.16. The number of alkyl halides is 3. The van der Waals surface area contributed by atoms with Gasteiger partial charge < -0.3 is 21.9 Å². The van der Waals surface area contributed by atoms with Gasteiger partial charge in [0.2, 0.25) is 0 Å². The van der Waals surface area contributed by atoms with Crippen molar-refractivity contribution >= 4 is 11.7 Å². The lowest BCUT2D eigenvalue weighted by Gasteiger charge is -2.13. The quantitative estimate of drug-likeness (QED) is 0.580. The summed E-state index contributed by atoms with van der Waals surface area (Å²) in [7, 11) is 0.992. The van der Waals surface area contributed by atoms with E-state index in [2.05, 4.69) is 4.74 Å². The number of methoxy groups -OCH3 is 1. The number of benzene rings is 1. The Bertz CT molecular complexity index is 603. The average Bonchev–Trinajstić information content (AvgIpc) is 2.42. The summed E-state index contributed by atoms with van der Waals surface area (Å²) in [4.78, 5) is 11.5. The normalized spacial score (nSPS) is 11.9. The number of carbonyl (C=O) groups is 1. The van der Waals surface area contributed by atoms with E-state index in [1.807, 2.05) is 0 Å². The molecule has 21 heavy (non-hydrogen) atoms. The Morgan fingerprint density at radius 3 is 2.29 bits per heavy atom. The molecule has 1 aromatic rings. The van der Waals surface area contributed by atoms with Gasteiger partial charge in [0.05, 0.1) is 24.1 Å². The molecule has 0 aliphatic heterocycles. The van der Waals surface area contributed by atoms with E-state index in [4.69, 9.17) is 17.2 Å².